The number of hydrogen-bond acceptors (Lipinski definition) is 2. The largest absolute Gasteiger partial charge is 0.299 e. The molecule has 0 N–H and O–H groups in total. The number of carbonyl (C=O) groups excluding carboxylic acids is 1. The minimum atomic E-state index is -0.241. The lowest BCUT2D eigenvalue weighted by atomic mass is 9.87. The maximum absolute atomic E-state index is 11.9. The summed E-state index contributed by atoms with van der Waals surface area (Å²) in [6.45, 7) is 5.91. The topological polar surface area (TPSA) is 30.0 Å². The molecule has 2 heteroatoms. The summed E-state index contributed by atoms with van der Waals surface area (Å²) in [5.74, 6) is 0.309. The van der Waals surface area contributed by atoms with Crippen molar-refractivity contribution in [1.82, 2.24) is 4.98 Å². The second-order valence-corrected chi connectivity index (χ2v) is 5.70. The summed E-state index contributed by atoms with van der Waals surface area (Å²) >= 11 is 0. The molecule has 0 fully saturated rings. The summed E-state index contributed by atoms with van der Waals surface area (Å²) < 4.78 is 0. The average molecular weight is 241 g/mol. The van der Waals surface area contributed by atoms with Crippen molar-refractivity contribution in [3.05, 3.63) is 42.1 Å². The predicted octanol–water partition coefficient (Wildman–Crippen LogP) is 3.78. The summed E-state index contributed by atoms with van der Waals surface area (Å²) in [5.41, 5.74) is 1.94. The van der Waals surface area contributed by atoms with E-state index in [4.69, 9.17) is 0 Å². The van der Waals surface area contributed by atoms with Crippen LogP contribution in [0, 0.1) is 5.41 Å². The van der Waals surface area contributed by atoms with Crippen LogP contribution >= 0.6 is 0 Å². The van der Waals surface area contributed by atoms with E-state index in [-0.39, 0.29) is 5.41 Å². The minimum absolute atomic E-state index is 0.241. The van der Waals surface area contributed by atoms with Crippen LogP contribution in [0.4, 0.5) is 0 Å². The molecule has 0 saturated carbocycles. The second-order valence-electron chi connectivity index (χ2n) is 5.70. The molecule has 1 aromatic carbocycles. The molecule has 0 unspecified atom stereocenters. The van der Waals surface area contributed by atoms with Gasteiger partial charge in [-0.05, 0) is 24.1 Å². The maximum atomic E-state index is 11.9. The molecule has 0 bridgehead atoms. The third-order valence-electron chi connectivity index (χ3n) is 3.15. The lowest BCUT2D eigenvalue weighted by Gasteiger charge is -2.16. The van der Waals surface area contributed by atoms with Crippen LogP contribution < -0.4 is 0 Å². The van der Waals surface area contributed by atoms with Gasteiger partial charge in [0.15, 0.2) is 0 Å². The number of rotatable bonds is 3. The molecular weight excluding hydrogens is 222 g/mol. The molecule has 0 atom stereocenters. The molecule has 0 amide bonds. The van der Waals surface area contributed by atoms with E-state index in [1.807, 2.05) is 32.9 Å². The van der Waals surface area contributed by atoms with Crippen molar-refractivity contribution in [3.63, 3.8) is 0 Å². The number of fused-ring (bicyclic) bond motifs is 1. The van der Waals surface area contributed by atoms with Crippen molar-refractivity contribution in [3.8, 4) is 0 Å². The Morgan fingerprint density at radius 2 is 2.00 bits per heavy atom. The van der Waals surface area contributed by atoms with Gasteiger partial charge in [-0.1, -0.05) is 39.0 Å². The molecule has 0 radical (unpaired) electrons. The van der Waals surface area contributed by atoms with Gasteiger partial charge in [0.25, 0.3) is 0 Å². The Hall–Kier alpha value is -1.70. The van der Waals surface area contributed by atoms with Crippen LogP contribution in [0.15, 0.2) is 36.5 Å². The Balaban J connectivity index is 2.11. The van der Waals surface area contributed by atoms with Gasteiger partial charge in [-0.3, -0.25) is 9.78 Å². The lowest BCUT2D eigenvalue weighted by molar-refractivity contribution is -0.126. The molecule has 1 aromatic heterocycles. The van der Waals surface area contributed by atoms with Gasteiger partial charge in [0.2, 0.25) is 0 Å². The van der Waals surface area contributed by atoms with Crippen molar-refractivity contribution in [1.29, 1.82) is 0 Å². The number of ketones is 1. The van der Waals surface area contributed by atoms with Crippen LogP contribution in [-0.2, 0) is 11.2 Å². The van der Waals surface area contributed by atoms with Gasteiger partial charge in [-0.15, -0.1) is 0 Å². The first-order valence-corrected chi connectivity index (χ1v) is 6.34. The highest BCUT2D eigenvalue weighted by molar-refractivity contribution is 5.84. The summed E-state index contributed by atoms with van der Waals surface area (Å²) in [6.07, 6.45) is 3.19. The summed E-state index contributed by atoms with van der Waals surface area (Å²) in [6, 6.07) is 10.2. The summed E-state index contributed by atoms with van der Waals surface area (Å²) in [4.78, 5) is 16.2. The zero-order valence-corrected chi connectivity index (χ0v) is 11.2. The molecule has 2 nitrogen and oxygen atoms in total. The number of carbonyl (C=O) groups is 1. The molecule has 18 heavy (non-hydrogen) atoms. The number of aryl methyl sites for hydroxylation is 1. The number of nitrogens with zero attached hydrogens (tertiary/aromatic N) is 1. The van der Waals surface area contributed by atoms with E-state index in [1.54, 1.807) is 6.20 Å². The lowest BCUT2D eigenvalue weighted by Crippen LogP contribution is -2.20. The van der Waals surface area contributed by atoms with Gasteiger partial charge >= 0.3 is 0 Å². The van der Waals surface area contributed by atoms with E-state index in [9.17, 15) is 4.79 Å². The molecule has 94 valence electrons. The molecule has 0 saturated heterocycles. The molecule has 0 aliphatic heterocycles. The van der Waals surface area contributed by atoms with Gasteiger partial charge in [-0.25, -0.2) is 0 Å². The van der Waals surface area contributed by atoms with Gasteiger partial charge in [-0.2, -0.15) is 0 Å². The van der Waals surface area contributed by atoms with Crippen LogP contribution in [-0.4, -0.2) is 10.8 Å². The standard InChI is InChI=1S/C16H19NO/c1-16(2,3)15(18)9-7-12-6-8-13-5-4-10-17-14(13)11-12/h4-6,8,10-11H,7,9H2,1-3H3. The highest BCUT2D eigenvalue weighted by Crippen LogP contribution is 2.19. The Bertz CT molecular complexity index is 567. The molecule has 2 aromatic rings. The van der Waals surface area contributed by atoms with E-state index in [0.29, 0.717) is 12.2 Å². The fourth-order valence-electron chi connectivity index (χ4n) is 1.90. The Morgan fingerprint density at radius 1 is 1.22 bits per heavy atom. The molecular formula is C16H19NO. The van der Waals surface area contributed by atoms with E-state index >= 15 is 0 Å². The number of pyridine rings is 1. The molecule has 0 aliphatic carbocycles. The quantitative estimate of drug-likeness (QED) is 0.818. The number of aromatic nitrogens is 1. The molecule has 0 aliphatic rings. The average Bonchev–Trinajstić information content (AvgIpc) is 2.34. The summed E-state index contributed by atoms with van der Waals surface area (Å²) in [5, 5.41) is 1.14. The summed E-state index contributed by atoms with van der Waals surface area (Å²) in [7, 11) is 0. The number of benzene rings is 1. The zero-order chi connectivity index (χ0) is 13.2. The van der Waals surface area contributed by atoms with Gasteiger partial charge < -0.3 is 0 Å². The first-order valence-electron chi connectivity index (χ1n) is 6.34. The van der Waals surface area contributed by atoms with Crippen molar-refractivity contribution in [2.24, 2.45) is 5.41 Å². The minimum Gasteiger partial charge on any atom is -0.299 e. The third-order valence-corrected chi connectivity index (χ3v) is 3.15. The number of Topliss-reactive ketones (excluding diaryl/α,β-unsaturated/α-hetero) is 1. The number of hydrogen-bond donors (Lipinski definition) is 0. The van der Waals surface area contributed by atoms with Gasteiger partial charge in [0.1, 0.15) is 5.78 Å². The third kappa shape index (κ3) is 2.95. The van der Waals surface area contributed by atoms with Crippen LogP contribution in [0.2, 0.25) is 0 Å². The second kappa shape index (κ2) is 4.89. The van der Waals surface area contributed by atoms with Crippen LogP contribution in [0.25, 0.3) is 10.9 Å². The van der Waals surface area contributed by atoms with Crippen LogP contribution in [0.3, 0.4) is 0 Å². The molecule has 0 spiro atoms. The Labute approximate surface area is 108 Å². The van der Waals surface area contributed by atoms with Crippen molar-refractivity contribution in [2.45, 2.75) is 33.6 Å². The fourth-order valence-corrected chi connectivity index (χ4v) is 1.90. The van der Waals surface area contributed by atoms with E-state index in [1.165, 1.54) is 5.56 Å². The first kappa shape index (κ1) is 12.7. The van der Waals surface area contributed by atoms with Crippen molar-refractivity contribution in [2.75, 3.05) is 0 Å². The molecule has 1 heterocycles. The van der Waals surface area contributed by atoms with E-state index < -0.39 is 0 Å². The first-order chi connectivity index (χ1) is 8.47. The monoisotopic (exact) mass is 241 g/mol. The Morgan fingerprint density at radius 3 is 2.72 bits per heavy atom. The highest BCUT2D eigenvalue weighted by Gasteiger charge is 2.20. The van der Waals surface area contributed by atoms with Gasteiger partial charge in [0.05, 0.1) is 5.52 Å². The highest BCUT2D eigenvalue weighted by atomic mass is 16.1. The van der Waals surface area contributed by atoms with Gasteiger partial charge in [0, 0.05) is 23.4 Å². The predicted molar refractivity (Wildman–Crippen MR) is 74.5 cm³/mol. The van der Waals surface area contributed by atoms with Crippen molar-refractivity contribution < 1.29 is 4.79 Å². The Kier molecular flexibility index (Phi) is 3.46. The normalized spacial score (nSPS) is 11.7. The van der Waals surface area contributed by atoms with Crippen molar-refractivity contribution >= 4 is 16.7 Å². The van der Waals surface area contributed by atoms with Crippen LogP contribution in [0.5, 0.6) is 0 Å². The SMILES string of the molecule is CC(C)(C)C(=O)CCc1ccc2cccnc2c1. The van der Waals surface area contributed by atoms with E-state index in [0.717, 1.165) is 17.3 Å². The zero-order valence-electron chi connectivity index (χ0n) is 11.2. The molecule has 2 rings (SSSR count). The van der Waals surface area contributed by atoms with Crippen LogP contribution in [0.1, 0.15) is 32.8 Å². The smallest absolute Gasteiger partial charge is 0.138 e. The maximum Gasteiger partial charge on any atom is 0.138 e. The van der Waals surface area contributed by atoms with E-state index in [2.05, 4.69) is 23.2 Å². The fraction of sp³-hybridized carbons (Fsp3) is 0.375.